The fourth-order valence-corrected chi connectivity index (χ4v) is 5.31. The van der Waals surface area contributed by atoms with Crippen LogP contribution in [0.3, 0.4) is 0 Å². The molecule has 190 valence electrons. The van der Waals surface area contributed by atoms with Crippen molar-refractivity contribution in [2.24, 2.45) is 11.3 Å². The normalized spacial score (nSPS) is 23.1. The molecule has 1 heterocycles. The molecule has 4 amide bonds. The Balaban J connectivity index is 1.62. The molecule has 35 heavy (non-hydrogen) atoms. The van der Waals surface area contributed by atoms with E-state index >= 15 is 0 Å². The summed E-state index contributed by atoms with van der Waals surface area (Å²) in [6, 6.07) is 7.80. The highest BCUT2D eigenvalue weighted by atomic mass is 16.5. The molecular formula is C25H33N3O7. The molecule has 3 rings (SSSR count). The highest BCUT2D eigenvalue weighted by Gasteiger charge is 2.56. The number of hydrogen-bond acceptors (Lipinski definition) is 7. The number of nitrogens with zero attached hydrogens (tertiary/aromatic N) is 2. The van der Waals surface area contributed by atoms with Crippen LogP contribution in [0.25, 0.3) is 0 Å². The van der Waals surface area contributed by atoms with Crippen LogP contribution in [0, 0.1) is 11.3 Å². The van der Waals surface area contributed by atoms with Crippen LogP contribution in [0.15, 0.2) is 30.3 Å². The summed E-state index contributed by atoms with van der Waals surface area (Å²) in [5.41, 5.74) is -0.728. The van der Waals surface area contributed by atoms with Crippen LogP contribution >= 0.6 is 0 Å². The van der Waals surface area contributed by atoms with Crippen molar-refractivity contribution < 1.29 is 33.4 Å². The first-order valence-corrected chi connectivity index (χ1v) is 11.8. The average molecular weight is 488 g/mol. The zero-order valence-corrected chi connectivity index (χ0v) is 20.7. The molecule has 2 unspecified atom stereocenters. The smallest absolute Gasteiger partial charge is 0.326 e. The summed E-state index contributed by atoms with van der Waals surface area (Å²) in [4.78, 5) is 65.0. The summed E-state index contributed by atoms with van der Waals surface area (Å²) in [6.07, 6.45) is 1.93. The first kappa shape index (κ1) is 26.2. The van der Waals surface area contributed by atoms with E-state index in [9.17, 15) is 24.0 Å². The van der Waals surface area contributed by atoms with Gasteiger partial charge < -0.3 is 14.8 Å². The molecule has 1 aliphatic heterocycles. The Bertz CT molecular complexity index is 994. The molecule has 0 aromatic heterocycles. The predicted octanol–water partition coefficient (Wildman–Crippen LogP) is 2.26. The first-order chi connectivity index (χ1) is 16.5. The molecule has 1 aliphatic carbocycles. The van der Waals surface area contributed by atoms with Crippen molar-refractivity contribution in [3.63, 3.8) is 0 Å². The van der Waals surface area contributed by atoms with Crippen molar-refractivity contribution >= 4 is 35.5 Å². The average Bonchev–Trinajstić information content (AvgIpc) is 2.98. The molecule has 1 aromatic carbocycles. The quantitative estimate of drug-likeness (QED) is 0.441. The van der Waals surface area contributed by atoms with E-state index in [0.29, 0.717) is 18.5 Å². The van der Waals surface area contributed by atoms with E-state index in [2.05, 4.69) is 19.2 Å². The largest absolute Gasteiger partial charge is 0.465 e. The van der Waals surface area contributed by atoms with Crippen molar-refractivity contribution in [2.75, 3.05) is 31.2 Å². The zero-order chi connectivity index (χ0) is 25.8. The van der Waals surface area contributed by atoms with Crippen LogP contribution in [0.5, 0.6) is 0 Å². The number of urea groups is 1. The van der Waals surface area contributed by atoms with Gasteiger partial charge in [-0.05, 0) is 49.7 Å². The number of ether oxygens (including phenoxy) is 2. The lowest BCUT2D eigenvalue weighted by atomic mass is 9.64. The molecule has 1 saturated heterocycles. The Hall–Kier alpha value is -3.43. The number of amides is 4. The maximum Gasteiger partial charge on any atom is 0.326 e. The van der Waals surface area contributed by atoms with E-state index in [-0.39, 0.29) is 24.5 Å². The molecule has 0 bridgehead atoms. The second kappa shape index (κ2) is 10.5. The molecule has 10 nitrogen and oxygen atoms in total. The third kappa shape index (κ3) is 6.17. The van der Waals surface area contributed by atoms with Crippen LogP contribution in [0.1, 0.15) is 47.0 Å². The number of para-hydroxylation sites is 1. The van der Waals surface area contributed by atoms with E-state index < -0.39 is 48.5 Å². The third-order valence-electron chi connectivity index (χ3n) is 6.23. The number of anilines is 1. The van der Waals surface area contributed by atoms with Gasteiger partial charge >= 0.3 is 18.0 Å². The number of rotatable bonds is 8. The van der Waals surface area contributed by atoms with Gasteiger partial charge in [-0.1, -0.05) is 39.0 Å². The summed E-state index contributed by atoms with van der Waals surface area (Å²) >= 11 is 0. The van der Waals surface area contributed by atoms with Crippen LogP contribution in [-0.2, 0) is 28.7 Å². The molecule has 10 heteroatoms. The first-order valence-electron chi connectivity index (χ1n) is 11.8. The Morgan fingerprint density at radius 3 is 2.40 bits per heavy atom. The summed E-state index contributed by atoms with van der Waals surface area (Å²) < 4.78 is 10.0. The zero-order valence-electron chi connectivity index (χ0n) is 20.7. The van der Waals surface area contributed by atoms with E-state index in [0.717, 1.165) is 16.2 Å². The maximum absolute atomic E-state index is 13.2. The van der Waals surface area contributed by atoms with Crippen LogP contribution in [-0.4, -0.2) is 66.5 Å². The minimum atomic E-state index is -1.03. The Labute approximate surface area is 204 Å². The molecule has 1 saturated carbocycles. The molecule has 0 radical (unpaired) electrons. The highest BCUT2D eigenvalue weighted by Crippen LogP contribution is 2.46. The van der Waals surface area contributed by atoms with Gasteiger partial charge in [-0.2, -0.15) is 0 Å². The van der Waals surface area contributed by atoms with Gasteiger partial charge in [-0.25, -0.2) is 4.79 Å². The summed E-state index contributed by atoms with van der Waals surface area (Å²) in [5.74, 6) is -2.36. The van der Waals surface area contributed by atoms with Gasteiger partial charge in [0, 0.05) is 5.69 Å². The van der Waals surface area contributed by atoms with E-state index in [4.69, 9.17) is 9.47 Å². The topological polar surface area (TPSA) is 122 Å². The summed E-state index contributed by atoms with van der Waals surface area (Å²) in [5, 5.41) is 2.80. The third-order valence-corrected chi connectivity index (χ3v) is 6.23. The molecule has 1 aromatic rings. The highest BCUT2D eigenvalue weighted by molar-refractivity contribution is 6.09. The van der Waals surface area contributed by atoms with Crippen molar-refractivity contribution in [1.82, 2.24) is 10.2 Å². The van der Waals surface area contributed by atoms with Crippen LogP contribution in [0.4, 0.5) is 10.5 Å². The van der Waals surface area contributed by atoms with Crippen molar-refractivity contribution in [3.8, 4) is 0 Å². The second-order valence-corrected chi connectivity index (χ2v) is 10.0. The van der Waals surface area contributed by atoms with Crippen molar-refractivity contribution in [2.45, 2.75) is 52.5 Å². The molecule has 2 atom stereocenters. The van der Waals surface area contributed by atoms with Gasteiger partial charge in [0.2, 0.25) is 0 Å². The number of imide groups is 1. The number of carbonyl (C=O) groups excluding carboxylic acids is 5. The standard InChI is InChI=1S/C25H33N3O7/c1-5-34-20(30)13-27(18-9-7-6-8-10-18)19(29)15-35-21(31)14-28-22(32)25(26-23(28)33)12-17(2)11-24(3,4)16-25/h6-10,17H,5,11-16H2,1-4H3,(H,26,33). The number of nitrogens with one attached hydrogen (secondary N) is 1. The number of hydrogen-bond donors (Lipinski definition) is 1. The molecule has 2 aliphatic rings. The number of carbonyl (C=O) groups is 5. The minimum Gasteiger partial charge on any atom is -0.465 e. The van der Waals surface area contributed by atoms with E-state index in [1.165, 1.54) is 0 Å². The lowest BCUT2D eigenvalue weighted by molar-refractivity contribution is -0.151. The Kier molecular flexibility index (Phi) is 7.82. The lowest BCUT2D eigenvalue weighted by Crippen LogP contribution is -2.54. The predicted molar refractivity (Wildman–Crippen MR) is 126 cm³/mol. The number of esters is 2. The summed E-state index contributed by atoms with van der Waals surface area (Å²) in [6.45, 7) is 6.36. The van der Waals surface area contributed by atoms with Gasteiger partial charge in [-0.3, -0.25) is 29.0 Å². The fraction of sp³-hybridized carbons (Fsp3) is 0.560. The van der Waals surface area contributed by atoms with Gasteiger partial charge in [0.1, 0.15) is 18.6 Å². The van der Waals surface area contributed by atoms with Gasteiger partial charge in [-0.15, -0.1) is 0 Å². The second-order valence-electron chi connectivity index (χ2n) is 10.0. The molecular weight excluding hydrogens is 454 g/mol. The molecule has 1 spiro atoms. The minimum absolute atomic E-state index is 0.136. The van der Waals surface area contributed by atoms with Gasteiger partial charge in [0.05, 0.1) is 6.61 Å². The Morgan fingerprint density at radius 2 is 1.77 bits per heavy atom. The Morgan fingerprint density at radius 1 is 1.09 bits per heavy atom. The van der Waals surface area contributed by atoms with Crippen molar-refractivity contribution in [3.05, 3.63) is 30.3 Å². The van der Waals surface area contributed by atoms with E-state index in [1.54, 1.807) is 37.3 Å². The monoisotopic (exact) mass is 487 g/mol. The SMILES string of the molecule is CCOC(=O)CN(C(=O)COC(=O)CN1C(=O)NC2(CC(C)CC(C)(C)C2)C1=O)c1ccccc1. The van der Waals surface area contributed by atoms with Crippen LogP contribution in [0.2, 0.25) is 0 Å². The molecule has 1 N–H and O–H groups in total. The lowest BCUT2D eigenvalue weighted by Gasteiger charge is -2.43. The van der Waals surface area contributed by atoms with Crippen molar-refractivity contribution in [1.29, 1.82) is 0 Å². The van der Waals surface area contributed by atoms with Gasteiger partial charge in [0.25, 0.3) is 11.8 Å². The van der Waals surface area contributed by atoms with Gasteiger partial charge in [0.15, 0.2) is 6.61 Å². The van der Waals surface area contributed by atoms with E-state index in [1.807, 2.05) is 6.92 Å². The van der Waals surface area contributed by atoms with Crippen LogP contribution < -0.4 is 10.2 Å². The summed E-state index contributed by atoms with van der Waals surface area (Å²) in [7, 11) is 0. The fourth-order valence-electron chi connectivity index (χ4n) is 5.31. The maximum atomic E-state index is 13.2. The number of benzene rings is 1. The molecule has 2 fully saturated rings.